The Bertz CT molecular complexity index is 638. The fourth-order valence-electron chi connectivity index (χ4n) is 2.70. The molecule has 23 heavy (non-hydrogen) atoms. The first-order valence-corrected chi connectivity index (χ1v) is 8.22. The molecule has 7 heteroatoms. The van der Waals surface area contributed by atoms with Gasteiger partial charge in [0.05, 0.1) is 30.2 Å². The molecule has 0 unspecified atom stereocenters. The van der Waals surface area contributed by atoms with E-state index in [4.69, 9.17) is 4.52 Å². The van der Waals surface area contributed by atoms with E-state index in [2.05, 4.69) is 33.9 Å². The maximum absolute atomic E-state index is 11.9. The highest BCUT2D eigenvalue weighted by Gasteiger charge is 2.13. The van der Waals surface area contributed by atoms with Gasteiger partial charge in [0, 0.05) is 32.0 Å². The molecule has 124 valence electrons. The average Bonchev–Trinajstić information content (AvgIpc) is 3.17. The molecule has 0 fully saturated rings. The van der Waals surface area contributed by atoms with Crippen molar-refractivity contribution in [2.24, 2.45) is 0 Å². The van der Waals surface area contributed by atoms with Gasteiger partial charge in [-0.3, -0.25) is 9.48 Å². The van der Waals surface area contributed by atoms with Gasteiger partial charge in [0.15, 0.2) is 5.76 Å². The van der Waals surface area contributed by atoms with Gasteiger partial charge in [0.2, 0.25) is 5.91 Å². The van der Waals surface area contributed by atoms with Gasteiger partial charge in [0.25, 0.3) is 0 Å². The van der Waals surface area contributed by atoms with E-state index in [1.54, 1.807) is 0 Å². The first kappa shape index (κ1) is 15.7. The Morgan fingerprint density at radius 3 is 3.13 bits per heavy atom. The number of fused-ring (bicyclic) bond motifs is 1. The van der Waals surface area contributed by atoms with Crippen LogP contribution in [0.15, 0.2) is 16.7 Å². The topological polar surface area (TPSA) is 85.0 Å². The summed E-state index contributed by atoms with van der Waals surface area (Å²) in [6, 6.07) is 3.98. The van der Waals surface area contributed by atoms with E-state index in [1.165, 1.54) is 5.69 Å². The molecule has 1 aliphatic heterocycles. The monoisotopic (exact) mass is 317 g/mol. The normalized spacial score (nSPS) is 13.8. The third kappa shape index (κ3) is 4.19. The van der Waals surface area contributed by atoms with Crippen LogP contribution in [0.5, 0.6) is 0 Å². The highest BCUT2D eigenvalue weighted by atomic mass is 16.5. The van der Waals surface area contributed by atoms with Crippen LogP contribution in [0.2, 0.25) is 0 Å². The lowest BCUT2D eigenvalue weighted by atomic mass is 10.2. The number of hydrogen-bond donors (Lipinski definition) is 2. The van der Waals surface area contributed by atoms with Crippen molar-refractivity contribution in [3.63, 3.8) is 0 Å². The first-order valence-electron chi connectivity index (χ1n) is 8.22. The quantitative estimate of drug-likeness (QED) is 0.801. The molecule has 0 aliphatic carbocycles. The van der Waals surface area contributed by atoms with Crippen molar-refractivity contribution in [2.75, 3.05) is 6.54 Å². The molecule has 0 atom stereocenters. The minimum atomic E-state index is 0.00235. The van der Waals surface area contributed by atoms with Gasteiger partial charge in [-0.25, -0.2) is 0 Å². The fourth-order valence-corrected chi connectivity index (χ4v) is 2.70. The predicted octanol–water partition coefficient (Wildman–Crippen LogP) is 1.18. The highest BCUT2D eigenvalue weighted by Crippen LogP contribution is 2.10. The van der Waals surface area contributed by atoms with E-state index >= 15 is 0 Å². The maximum atomic E-state index is 11.9. The fraction of sp³-hybridized carbons (Fsp3) is 0.562. The van der Waals surface area contributed by atoms with Crippen LogP contribution in [0.3, 0.4) is 0 Å². The number of nitrogens with zero attached hydrogens (tertiary/aromatic N) is 3. The van der Waals surface area contributed by atoms with E-state index in [-0.39, 0.29) is 5.91 Å². The second-order valence-electron chi connectivity index (χ2n) is 5.84. The zero-order chi connectivity index (χ0) is 16.1. The van der Waals surface area contributed by atoms with Crippen LogP contribution in [0, 0.1) is 0 Å². The van der Waals surface area contributed by atoms with Crippen molar-refractivity contribution in [3.8, 4) is 0 Å². The minimum absolute atomic E-state index is 0.00235. The number of nitrogens with one attached hydrogen (secondary N) is 2. The molecular formula is C16H23N5O2. The second kappa shape index (κ2) is 7.41. The van der Waals surface area contributed by atoms with Crippen molar-refractivity contribution >= 4 is 5.91 Å². The number of hydrogen-bond acceptors (Lipinski definition) is 5. The molecule has 2 aromatic heterocycles. The zero-order valence-electron chi connectivity index (χ0n) is 13.5. The summed E-state index contributed by atoms with van der Waals surface area (Å²) in [6.07, 6.45) is 3.02. The summed E-state index contributed by atoms with van der Waals surface area (Å²) in [5.74, 6) is 0.702. The van der Waals surface area contributed by atoms with E-state index in [9.17, 15) is 4.79 Å². The average molecular weight is 317 g/mol. The van der Waals surface area contributed by atoms with E-state index < -0.39 is 0 Å². The van der Waals surface area contributed by atoms with Crippen LogP contribution in [0.1, 0.15) is 42.6 Å². The molecule has 0 saturated carbocycles. The number of rotatable bonds is 7. The largest absolute Gasteiger partial charge is 0.359 e. The Labute approximate surface area is 135 Å². The molecule has 3 rings (SSSR count). The molecule has 0 bridgehead atoms. The Morgan fingerprint density at radius 1 is 1.39 bits per heavy atom. The van der Waals surface area contributed by atoms with Gasteiger partial charge in [-0.15, -0.1) is 0 Å². The first-order chi connectivity index (χ1) is 11.2. The minimum Gasteiger partial charge on any atom is -0.359 e. The van der Waals surface area contributed by atoms with Gasteiger partial charge in [-0.1, -0.05) is 18.5 Å². The van der Waals surface area contributed by atoms with Crippen LogP contribution in [0.25, 0.3) is 0 Å². The lowest BCUT2D eigenvalue weighted by molar-refractivity contribution is -0.121. The molecule has 7 nitrogen and oxygen atoms in total. The van der Waals surface area contributed by atoms with Crippen LogP contribution in [-0.2, 0) is 37.3 Å². The Hall–Kier alpha value is -2.15. The van der Waals surface area contributed by atoms with Crippen molar-refractivity contribution < 1.29 is 9.32 Å². The smallest absolute Gasteiger partial charge is 0.220 e. The molecule has 0 radical (unpaired) electrons. The molecule has 0 aromatic carbocycles. The molecule has 1 amide bonds. The Kier molecular flexibility index (Phi) is 5.07. The molecule has 1 aliphatic rings. The molecule has 2 aromatic rings. The van der Waals surface area contributed by atoms with Gasteiger partial charge < -0.3 is 15.2 Å². The Morgan fingerprint density at radius 2 is 2.30 bits per heavy atom. The number of amides is 1. The standard InChI is InChI=1S/C16H23N5O2/c1-2-3-13-9-15(23-20-13)11-18-16(22)5-4-12-8-14-10-17-6-7-21(14)19-12/h8-9,17H,2-7,10-11H2,1H3,(H,18,22). The second-order valence-corrected chi connectivity index (χ2v) is 5.84. The van der Waals surface area contributed by atoms with Crippen molar-refractivity contribution in [2.45, 2.75) is 52.2 Å². The van der Waals surface area contributed by atoms with Crippen molar-refractivity contribution in [1.82, 2.24) is 25.6 Å². The molecule has 0 saturated heterocycles. The van der Waals surface area contributed by atoms with Gasteiger partial charge in [-0.2, -0.15) is 5.10 Å². The van der Waals surface area contributed by atoms with E-state index in [1.807, 2.05) is 10.7 Å². The maximum Gasteiger partial charge on any atom is 0.220 e. The predicted molar refractivity (Wildman–Crippen MR) is 84.6 cm³/mol. The summed E-state index contributed by atoms with van der Waals surface area (Å²) >= 11 is 0. The Balaban J connectivity index is 1.43. The van der Waals surface area contributed by atoms with E-state index in [0.717, 1.165) is 43.9 Å². The zero-order valence-corrected chi connectivity index (χ0v) is 13.5. The summed E-state index contributed by atoms with van der Waals surface area (Å²) in [5.41, 5.74) is 3.11. The summed E-state index contributed by atoms with van der Waals surface area (Å²) < 4.78 is 7.22. The van der Waals surface area contributed by atoms with Crippen LogP contribution >= 0.6 is 0 Å². The molecule has 3 heterocycles. The van der Waals surface area contributed by atoms with Gasteiger partial charge >= 0.3 is 0 Å². The third-order valence-electron chi connectivity index (χ3n) is 3.90. The number of carbonyl (C=O) groups excluding carboxylic acids is 1. The SMILES string of the molecule is CCCc1cc(CNC(=O)CCc2cc3n(n2)CCNC3)on1. The number of aryl methyl sites for hydroxylation is 2. The highest BCUT2D eigenvalue weighted by molar-refractivity contribution is 5.76. The van der Waals surface area contributed by atoms with Crippen molar-refractivity contribution in [3.05, 3.63) is 35.0 Å². The summed E-state index contributed by atoms with van der Waals surface area (Å²) in [5, 5.41) is 14.7. The lowest BCUT2D eigenvalue weighted by Crippen LogP contribution is -2.28. The molecular weight excluding hydrogens is 294 g/mol. The van der Waals surface area contributed by atoms with Crippen LogP contribution < -0.4 is 10.6 Å². The van der Waals surface area contributed by atoms with Gasteiger partial charge in [-0.05, 0) is 12.5 Å². The molecule has 2 N–H and O–H groups in total. The number of carbonyl (C=O) groups is 1. The van der Waals surface area contributed by atoms with Crippen LogP contribution in [0.4, 0.5) is 0 Å². The summed E-state index contributed by atoms with van der Waals surface area (Å²) in [7, 11) is 0. The third-order valence-corrected chi connectivity index (χ3v) is 3.90. The lowest BCUT2D eigenvalue weighted by Gasteiger charge is -2.13. The summed E-state index contributed by atoms with van der Waals surface area (Å²) in [6.45, 7) is 5.18. The number of aromatic nitrogens is 3. The van der Waals surface area contributed by atoms with Crippen molar-refractivity contribution in [1.29, 1.82) is 0 Å². The van der Waals surface area contributed by atoms with Gasteiger partial charge in [0.1, 0.15) is 0 Å². The van der Waals surface area contributed by atoms with E-state index in [0.29, 0.717) is 25.1 Å². The summed E-state index contributed by atoms with van der Waals surface area (Å²) in [4.78, 5) is 11.9. The van der Waals surface area contributed by atoms with Crippen LogP contribution in [-0.4, -0.2) is 27.4 Å². The molecule has 0 spiro atoms.